The fraction of sp³-hybridized carbons (Fsp3) is 0.455. The van der Waals surface area contributed by atoms with Gasteiger partial charge in [0.2, 0.25) is 0 Å². The Morgan fingerprint density at radius 2 is 2.21 bits per heavy atom. The van der Waals surface area contributed by atoms with Gasteiger partial charge in [-0.3, -0.25) is 9.78 Å². The summed E-state index contributed by atoms with van der Waals surface area (Å²) in [5.74, 6) is -2.10. The molecule has 2 aromatic rings. The van der Waals surface area contributed by atoms with Crippen LogP contribution in [0, 0.1) is 5.82 Å². The largest absolute Gasteiger partial charge is 0.338 e. The molecule has 0 aliphatic carbocycles. The molecule has 1 aliphatic rings. The number of aryl methyl sites for hydroxylation is 2. The summed E-state index contributed by atoms with van der Waals surface area (Å²) < 4.78 is 112. The quantitative estimate of drug-likeness (QED) is 0.631. The van der Waals surface area contributed by atoms with Crippen LogP contribution < -0.4 is 0 Å². The number of hydrogen-bond donors (Lipinski definition) is 0. The highest BCUT2D eigenvalue weighted by molar-refractivity contribution is 6.31. The van der Waals surface area contributed by atoms with Gasteiger partial charge in [0.05, 0.1) is 5.02 Å². The summed E-state index contributed by atoms with van der Waals surface area (Å²) in [6.45, 7) is -3.33. The SMILES string of the molecule is [2H]C([2H])(C)c1ccc(C([2H])([2H])CCC2(F)C([2H])([2H])CN(C(=O)c3ccc(F)c(Cl)c3)C([2H])([2H])C2([2H])[2H])nc1. The Morgan fingerprint density at radius 3 is 2.89 bits per heavy atom. The van der Waals surface area contributed by atoms with Gasteiger partial charge in [0.25, 0.3) is 5.91 Å². The lowest BCUT2D eigenvalue weighted by Gasteiger charge is -2.36. The van der Waals surface area contributed by atoms with E-state index in [1.165, 1.54) is 19.1 Å². The summed E-state index contributed by atoms with van der Waals surface area (Å²) in [4.78, 5) is 17.1. The molecule has 3 rings (SSSR count). The number of nitrogens with zero attached hydrogens (tertiary/aromatic N) is 2. The summed E-state index contributed by atoms with van der Waals surface area (Å²) in [6.07, 6.45) is -11.8. The average Bonchev–Trinajstić information content (AvgIpc) is 2.80. The van der Waals surface area contributed by atoms with Crippen LogP contribution in [0.3, 0.4) is 0 Å². The molecule has 1 amide bonds. The van der Waals surface area contributed by atoms with E-state index in [-0.39, 0.29) is 21.7 Å². The van der Waals surface area contributed by atoms with Crippen LogP contribution in [0.2, 0.25) is 5.02 Å². The Balaban J connectivity index is 1.92. The van der Waals surface area contributed by atoms with Gasteiger partial charge in [-0.05, 0) is 68.2 Å². The summed E-state index contributed by atoms with van der Waals surface area (Å²) in [6, 6.07) is 5.15. The third kappa shape index (κ3) is 5.07. The van der Waals surface area contributed by atoms with E-state index in [1.807, 2.05) is 0 Å². The highest BCUT2D eigenvalue weighted by Crippen LogP contribution is 2.32. The minimum atomic E-state index is -3.66. The van der Waals surface area contributed by atoms with Crippen molar-refractivity contribution in [3.63, 3.8) is 0 Å². The first-order valence-corrected chi connectivity index (χ1v) is 8.89. The van der Waals surface area contributed by atoms with E-state index in [4.69, 9.17) is 25.3 Å². The molecule has 2 heterocycles. The number of benzene rings is 1. The number of piperidine rings is 1. The Morgan fingerprint density at radius 1 is 1.39 bits per heavy atom. The van der Waals surface area contributed by atoms with E-state index in [1.54, 1.807) is 0 Å². The topological polar surface area (TPSA) is 33.2 Å². The van der Waals surface area contributed by atoms with Crippen LogP contribution in [0.1, 0.15) is 67.8 Å². The lowest BCUT2D eigenvalue weighted by molar-refractivity contribution is 0.0389. The molecule has 0 saturated carbocycles. The number of alkyl halides is 1. The van der Waals surface area contributed by atoms with E-state index in [0.717, 1.165) is 24.4 Å². The molecule has 1 fully saturated rings. The lowest BCUT2D eigenvalue weighted by atomic mass is 9.87. The van der Waals surface area contributed by atoms with E-state index < -0.39 is 73.8 Å². The molecule has 1 saturated heterocycles. The van der Waals surface area contributed by atoms with Crippen molar-refractivity contribution in [3.05, 3.63) is 64.2 Å². The van der Waals surface area contributed by atoms with Crippen molar-refractivity contribution >= 4 is 17.5 Å². The standard InChI is InChI=1S/C22H25ClF2N2O/c1-2-16-5-7-18(26-15-16)4-3-9-22(25)10-12-27(13-11-22)21(28)17-6-8-20(24)19(23)14-17/h5-8,14-15H,2-4,9-13H2,1H3/i2D2,4D2,10D2,11D2,12D2. The molecule has 0 N–H and O–H groups in total. The van der Waals surface area contributed by atoms with Crippen LogP contribution in [0.15, 0.2) is 36.5 Å². The number of carbonyl (C=O) groups excluding carboxylic acids is 1. The second-order valence-corrected chi connectivity index (χ2v) is 6.50. The van der Waals surface area contributed by atoms with Crippen LogP contribution in [0.4, 0.5) is 8.78 Å². The number of rotatable bonds is 6. The Kier molecular flexibility index (Phi) is 3.61. The second kappa shape index (κ2) is 8.99. The van der Waals surface area contributed by atoms with Crippen LogP contribution in [-0.4, -0.2) is 34.5 Å². The number of amides is 1. The maximum absolute atomic E-state index is 16.4. The highest BCUT2D eigenvalue weighted by Gasteiger charge is 2.35. The van der Waals surface area contributed by atoms with Gasteiger partial charge in [-0.15, -0.1) is 0 Å². The van der Waals surface area contributed by atoms with E-state index >= 15 is 4.39 Å². The zero-order chi connectivity index (χ0) is 29.1. The predicted molar refractivity (Wildman–Crippen MR) is 107 cm³/mol. The predicted octanol–water partition coefficient (Wildman–Crippen LogP) is 5.40. The molecular weight excluding hydrogens is 382 g/mol. The monoisotopic (exact) mass is 416 g/mol. The summed E-state index contributed by atoms with van der Waals surface area (Å²) in [7, 11) is 0. The first kappa shape index (κ1) is 11.2. The molecule has 3 nitrogen and oxygen atoms in total. The molecule has 1 aliphatic heterocycles. The van der Waals surface area contributed by atoms with Gasteiger partial charge in [0.1, 0.15) is 11.5 Å². The molecule has 28 heavy (non-hydrogen) atoms. The first-order valence-electron chi connectivity index (χ1n) is 13.5. The minimum absolute atomic E-state index is 0.166. The van der Waals surface area contributed by atoms with Gasteiger partial charge < -0.3 is 4.90 Å². The number of pyridine rings is 1. The van der Waals surface area contributed by atoms with Gasteiger partial charge in [-0.2, -0.15) is 0 Å². The van der Waals surface area contributed by atoms with Crippen molar-refractivity contribution in [1.29, 1.82) is 0 Å². The molecule has 0 bridgehead atoms. The van der Waals surface area contributed by atoms with Crippen LogP contribution >= 0.6 is 11.6 Å². The summed E-state index contributed by atoms with van der Waals surface area (Å²) in [5.41, 5.74) is -4.01. The number of hydrogen-bond acceptors (Lipinski definition) is 2. The molecular formula is C22H25ClF2N2O. The van der Waals surface area contributed by atoms with Crippen molar-refractivity contribution in [1.82, 2.24) is 9.88 Å². The number of halogens is 3. The molecule has 150 valence electrons. The summed E-state index contributed by atoms with van der Waals surface area (Å²) >= 11 is 5.68. The van der Waals surface area contributed by atoms with Crippen LogP contribution in [0.5, 0.6) is 0 Å². The number of likely N-dealkylation sites (tertiary alicyclic amines) is 1. The maximum Gasteiger partial charge on any atom is 0.253 e. The van der Waals surface area contributed by atoms with Crippen LogP contribution in [0.25, 0.3) is 0 Å². The molecule has 1 atom stereocenters. The Bertz CT molecular complexity index is 1220. The van der Waals surface area contributed by atoms with Gasteiger partial charge in [-0.1, -0.05) is 24.6 Å². The van der Waals surface area contributed by atoms with Crippen molar-refractivity contribution < 1.29 is 27.3 Å². The van der Waals surface area contributed by atoms with Crippen LogP contribution in [-0.2, 0) is 12.7 Å². The summed E-state index contributed by atoms with van der Waals surface area (Å²) in [5, 5.41) is -0.474. The van der Waals surface area contributed by atoms with Crippen molar-refractivity contribution in [3.8, 4) is 0 Å². The third-order valence-electron chi connectivity index (χ3n) is 4.15. The number of carbonyl (C=O) groups is 1. The Labute approximate surface area is 183 Å². The maximum atomic E-state index is 16.4. The van der Waals surface area contributed by atoms with Crippen molar-refractivity contribution in [2.24, 2.45) is 0 Å². The van der Waals surface area contributed by atoms with Gasteiger partial charge >= 0.3 is 0 Å². The van der Waals surface area contributed by atoms with Gasteiger partial charge in [-0.25, -0.2) is 8.78 Å². The number of aromatic nitrogens is 1. The van der Waals surface area contributed by atoms with Gasteiger partial charge in [0.15, 0.2) is 0 Å². The zero-order valence-electron chi connectivity index (χ0n) is 25.0. The van der Waals surface area contributed by atoms with E-state index in [0.29, 0.717) is 0 Å². The molecule has 0 radical (unpaired) electrons. The fourth-order valence-electron chi connectivity index (χ4n) is 2.51. The first-order chi connectivity index (χ1) is 17.1. The highest BCUT2D eigenvalue weighted by atomic mass is 35.5. The van der Waals surface area contributed by atoms with Crippen molar-refractivity contribution in [2.75, 3.05) is 13.0 Å². The van der Waals surface area contributed by atoms with E-state index in [2.05, 4.69) is 4.98 Å². The minimum Gasteiger partial charge on any atom is -0.338 e. The normalized spacial score (nSPS) is 31.4. The second-order valence-electron chi connectivity index (χ2n) is 6.09. The Hall–Kier alpha value is -2.01. The van der Waals surface area contributed by atoms with Gasteiger partial charge in [0, 0.05) is 44.2 Å². The fourth-order valence-corrected chi connectivity index (χ4v) is 2.69. The molecule has 1 aromatic heterocycles. The lowest BCUT2D eigenvalue weighted by Crippen LogP contribution is -2.44. The molecule has 1 unspecified atom stereocenters. The zero-order valence-corrected chi connectivity index (χ0v) is 15.8. The molecule has 1 aromatic carbocycles. The average molecular weight is 417 g/mol. The molecule has 0 spiro atoms. The third-order valence-corrected chi connectivity index (χ3v) is 4.44. The van der Waals surface area contributed by atoms with Crippen molar-refractivity contribution in [2.45, 2.75) is 50.9 Å². The smallest absolute Gasteiger partial charge is 0.253 e. The molecule has 6 heteroatoms. The van der Waals surface area contributed by atoms with E-state index in [9.17, 15) is 9.18 Å².